The van der Waals surface area contributed by atoms with Gasteiger partial charge < -0.3 is 20.9 Å². The second-order valence-electron chi connectivity index (χ2n) is 4.84. The van der Waals surface area contributed by atoms with Crippen molar-refractivity contribution in [1.82, 2.24) is 0 Å². The molecule has 2 aromatic rings. The quantitative estimate of drug-likeness (QED) is 0.662. The lowest BCUT2D eigenvalue weighted by Crippen LogP contribution is -2.19. The number of benzene rings is 2. The molecular weight excluding hydrogens is 252 g/mol. The average molecular weight is 272 g/mol. The molecule has 0 heterocycles. The van der Waals surface area contributed by atoms with E-state index in [1.165, 1.54) is 0 Å². The van der Waals surface area contributed by atoms with Crippen LogP contribution in [0.25, 0.3) is 0 Å². The van der Waals surface area contributed by atoms with E-state index in [9.17, 15) is 0 Å². The highest BCUT2D eigenvalue weighted by Gasteiger charge is 2.07. The minimum Gasteiger partial charge on any atom is -0.455 e. The molecule has 0 aromatic heterocycles. The van der Waals surface area contributed by atoms with E-state index in [1.54, 1.807) is 0 Å². The fraction of sp³-hybridized carbons (Fsp3) is 0.250. The molecule has 2 aromatic carbocycles. The first-order valence-corrected chi connectivity index (χ1v) is 6.51. The predicted molar refractivity (Wildman–Crippen MR) is 81.9 cm³/mol. The van der Waals surface area contributed by atoms with Crippen LogP contribution in [-0.2, 0) is 0 Å². The standard InChI is InChI=1S/C16H20N2O2/c1-10-8-13(4-6-15(10)17)19-12(3)20-14-5-7-16(18)11(2)9-14/h4-9,12H,17-18H2,1-3H3. The fourth-order valence-corrected chi connectivity index (χ4v) is 1.85. The molecule has 0 radical (unpaired) electrons. The van der Waals surface area contributed by atoms with Gasteiger partial charge in [-0.25, -0.2) is 0 Å². The van der Waals surface area contributed by atoms with Gasteiger partial charge in [0.1, 0.15) is 11.5 Å². The summed E-state index contributed by atoms with van der Waals surface area (Å²) in [5.41, 5.74) is 15.0. The second-order valence-corrected chi connectivity index (χ2v) is 4.84. The molecule has 20 heavy (non-hydrogen) atoms. The Kier molecular flexibility index (Phi) is 4.03. The van der Waals surface area contributed by atoms with Crippen LogP contribution in [0.4, 0.5) is 11.4 Å². The zero-order valence-corrected chi connectivity index (χ0v) is 12.0. The van der Waals surface area contributed by atoms with Crippen molar-refractivity contribution in [2.75, 3.05) is 11.5 Å². The van der Waals surface area contributed by atoms with E-state index in [4.69, 9.17) is 20.9 Å². The van der Waals surface area contributed by atoms with Crippen LogP contribution < -0.4 is 20.9 Å². The number of hydrogen-bond acceptors (Lipinski definition) is 4. The molecule has 0 aliphatic rings. The largest absolute Gasteiger partial charge is 0.455 e. The first kappa shape index (κ1) is 14.1. The minimum absolute atomic E-state index is 0.402. The summed E-state index contributed by atoms with van der Waals surface area (Å²) < 4.78 is 11.4. The van der Waals surface area contributed by atoms with Crippen molar-refractivity contribution in [2.24, 2.45) is 0 Å². The van der Waals surface area contributed by atoms with Crippen molar-refractivity contribution in [2.45, 2.75) is 27.1 Å². The molecule has 0 bridgehead atoms. The third kappa shape index (κ3) is 3.35. The van der Waals surface area contributed by atoms with E-state index in [0.29, 0.717) is 0 Å². The number of anilines is 2. The van der Waals surface area contributed by atoms with Gasteiger partial charge in [-0.05, 0) is 61.4 Å². The maximum atomic E-state index is 5.78. The van der Waals surface area contributed by atoms with E-state index in [-0.39, 0.29) is 0 Å². The SMILES string of the molecule is Cc1cc(OC(C)Oc2ccc(N)c(C)c2)ccc1N. The monoisotopic (exact) mass is 272 g/mol. The lowest BCUT2D eigenvalue weighted by atomic mass is 10.2. The molecule has 0 aliphatic heterocycles. The minimum atomic E-state index is -0.402. The van der Waals surface area contributed by atoms with Gasteiger partial charge in [-0.1, -0.05) is 0 Å². The van der Waals surface area contributed by atoms with E-state index < -0.39 is 6.29 Å². The molecule has 4 heteroatoms. The zero-order chi connectivity index (χ0) is 14.7. The van der Waals surface area contributed by atoms with Crippen molar-refractivity contribution in [1.29, 1.82) is 0 Å². The molecule has 106 valence electrons. The summed E-state index contributed by atoms with van der Waals surface area (Å²) in [4.78, 5) is 0. The highest BCUT2D eigenvalue weighted by Crippen LogP contribution is 2.22. The van der Waals surface area contributed by atoms with E-state index >= 15 is 0 Å². The van der Waals surface area contributed by atoms with Crippen LogP contribution in [0.1, 0.15) is 18.1 Å². The Morgan fingerprint density at radius 3 is 1.55 bits per heavy atom. The van der Waals surface area contributed by atoms with E-state index in [2.05, 4.69) is 0 Å². The average Bonchev–Trinajstić information content (AvgIpc) is 2.38. The molecule has 0 saturated carbocycles. The maximum Gasteiger partial charge on any atom is 0.238 e. The topological polar surface area (TPSA) is 70.5 Å². The van der Waals surface area contributed by atoms with Crippen LogP contribution in [0.3, 0.4) is 0 Å². The molecule has 0 amide bonds. The summed E-state index contributed by atoms with van der Waals surface area (Å²) >= 11 is 0. The normalized spacial score (nSPS) is 10.6. The van der Waals surface area contributed by atoms with Gasteiger partial charge >= 0.3 is 0 Å². The number of ether oxygens (including phenoxy) is 2. The van der Waals surface area contributed by atoms with Crippen LogP contribution in [0.15, 0.2) is 36.4 Å². The van der Waals surface area contributed by atoms with Gasteiger partial charge in [0.05, 0.1) is 0 Å². The number of hydrogen-bond donors (Lipinski definition) is 2. The Bertz CT molecular complexity index is 558. The highest BCUT2D eigenvalue weighted by atomic mass is 16.7. The first-order chi connectivity index (χ1) is 9.45. The molecule has 0 unspecified atom stereocenters. The van der Waals surface area contributed by atoms with Crippen molar-refractivity contribution >= 4 is 11.4 Å². The predicted octanol–water partition coefficient (Wildman–Crippen LogP) is 3.27. The van der Waals surface area contributed by atoms with Crippen molar-refractivity contribution < 1.29 is 9.47 Å². The number of rotatable bonds is 4. The Morgan fingerprint density at radius 2 is 1.20 bits per heavy atom. The molecule has 0 saturated heterocycles. The third-order valence-corrected chi connectivity index (χ3v) is 3.09. The second kappa shape index (κ2) is 5.74. The van der Waals surface area contributed by atoms with Crippen LogP contribution >= 0.6 is 0 Å². The molecule has 0 fully saturated rings. The van der Waals surface area contributed by atoms with Crippen molar-refractivity contribution in [3.63, 3.8) is 0 Å². The lowest BCUT2D eigenvalue weighted by molar-refractivity contribution is 0.0223. The van der Waals surface area contributed by atoms with E-state index in [1.807, 2.05) is 57.2 Å². The summed E-state index contributed by atoms with van der Waals surface area (Å²) in [6, 6.07) is 11.1. The Balaban J connectivity index is 2.02. The summed E-state index contributed by atoms with van der Waals surface area (Å²) in [5, 5.41) is 0. The summed E-state index contributed by atoms with van der Waals surface area (Å²) in [7, 11) is 0. The maximum absolute atomic E-state index is 5.78. The Labute approximate surface area is 119 Å². The smallest absolute Gasteiger partial charge is 0.238 e. The van der Waals surface area contributed by atoms with Crippen LogP contribution in [0.2, 0.25) is 0 Å². The molecule has 2 rings (SSSR count). The van der Waals surface area contributed by atoms with Gasteiger partial charge in [-0.2, -0.15) is 0 Å². The molecule has 0 aliphatic carbocycles. The number of nitrogen functional groups attached to an aromatic ring is 2. The Hall–Kier alpha value is -2.36. The first-order valence-electron chi connectivity index (χ1n) is 6.51. The number of aryl methyl sites for hydroxylation is 2. The van der Waals surface area contributed by atoms with Crippen molar-refractivity contribution in [3.8, 4) is 11.5 Å². The molecule has 4 N–H and O–H groups in total. The van der Waals surface area contributed by atoms with Gasteiger partial charge in [-0.3, -0.25) is 0 Å². The third-order valence-electron chi connectivity index (χ3n) is 3.09. The van der Waals surface area contributed by atoms with Gasteiger partial charge in [0, 0.05) is 18.3 Å². The van der Waals surface area contributed by atoms with Gasteiger partial charge in [0.15, 0.2) is 0 Å². The lowest BCUT2D eigenvalue weighted by Gasteiger charge is -2.17. The number of nitrogens with two attached hydrogens (primary N) is 2. The van der Waals surface area contributed by atoms with Crippen molar-refractivity contribution in [3.05, 3.63) is 47.5 Å². The summed E-state index contributed by atoms with van der Waals surface area (Å²) in [6.07, 6.45) is -0.402. The van der Waals surface area contributed by atoms with Gasteiger partial charge in [-0.15, -0.1) is 0 Å². The van der Waals surface area contributed by atoms with Crippen LogP contribution in [0, 0.1) is 13.8 Å². The van der Waals surface area contributed by atoms with Crippen LogP contribution in [0.5, 0.6) is 11.5 Å². The fourth-order valence-electron chi connectivity index (χ4n) is 1.85. The zero-order valence-electron chi connectivity index (χ0n) is 12.0. The molecule has 0 atom stereocenters. The molecular formula is C16H20N2O2. The van der Waals surface area contributed by atoms with Crippen LogP contribution in [-0.4, -0.2) is 6.29 Å². The molecule has 4 nitrogen and oxygen atoms in total. The van der Waals surface area contributed by atoms with Gasteiger partial charge in [0.25, 0.3) is 0 Å². The summed E-state index contributed by atoms with van der Waals surface area (Å²) in [6.45, 7) is 5.73. The highest BCUT2D eigenvalue weighted by molar-refractivity contribution is 5.50. The van der Waals surface area contributed by atoms with E-state index in [0.717, 1.165) is 34.0 Å². The Morgan fingerprint density at radius 1 is 0.800 bits per heavy atom. The van der Waals surface area contributed by atoms with Gasteiger partial charge in [0.2, 0.25) is 6.29 Å². The molecule has 0 spiro atoms. The summed E-state index contributed by atoms with van der Waals surface area (Å²) in [5.74, 6) is 1.47.